The first-order valence-electron chi connectivity index (χ1n) is 13.0. The minimum Gasteiger partial charge on any atom is -0.497 e. The maximum atomic E-state index is 11.6. The molecule has 0 amide bonds. The first-order valence-corrected chi connectivity index (χ1v) is 13.0. The van der Waals surface area contributed by atoms with Gasteiger partial charge in [0.2, 0.25) is 0 Å². The first kappa shape index (κ1) is 33.2. The van der Waals surface area contributed by atoms with Gasteiger partial charge in [0.1, 0.15) is 17.3 Å². The van der Waals surface area contributed by atoms with E-state index in [4.69, 9.17) is 14.2 Å². The minimum atomic E-state index is -0.552. The molecule has 0 fully saturated rings. The summed E-state index contributed by atoms with van der Waals surface area (Å²) in [5.41, 5.74) is 2.33. The van der Waals surface area contributed by atoms with Gasteiger partial charge in [-0.15, -0.1) is 13.2 Å². The number of ether oxygens (including phenoxy) is 3. The number of Topliss-reactive ketones (excluding diaryl/α,β-unsaturated/α-hetero) is 1. The molecule has 210 valence electrons. The van der Waals surface area contributed by atoms with Crippen LogP contribution in [0.15, 0.2) is 73.8 Å². The number of nitrogens with zero attached hydrogens (tertiary/aromatic N) is 1. The Balaban J connectivity index is 0.000000487. The van der Waals surface area contributed by atoms with Crippen molar-refractivity contribution in [2.24, 2.45) is 0 Å². The number of benzene rings is 2. The summed E-state index contributed by atoms with van der Waals surface area (Å²) in [5, 5.41) is 3.23. The van der Waals surface area contributed by atoms with E-state index < -0.39 is 5.97 Å². The zero-order valence-corrected chi connectivity index (χ0v) is 23.7. The Hall–Kier alpha value is -3.86. The number of ketones is 1. The summed E-state index contributed by atoms with van der Waals surface area (Å²) in [6.45, 7) is 13.9. The Morgan fingerprint density at radius 3 is 2.05 bits per heavy atom. The van der Waals surface area contributed by atoms with Gasteiger partial charge in [0.25, 0.3) is 0 Å². The fraction of sp³-hybridized carbons (Fsp3) is 0.375. The predicted molar refractivity (Wildman–Crippen MR) is 157 cm³/mol. The van der Waals surface area contributed by atoms with E-state index in [0.717, 1.165) is 30.2 Å². The highest BCUT2D eigenvalue weighted by atomic mass is 16.5. The lowest BCUT2D eigenvalue weighted by atomic mass is 10.1. The van der Waals surface area contributed by atoms with Crippen molar-refractivity contribution in [1.29, 1.82) is 0 Å². The lowest BCUT2D eigenvalue weighted by Gasteiger charge is -2.27. The molecule has 1 atom stereocenters. The maximum Gasteiger partial charge on any atom is 0.384 e. The average molecular weight is 535 g/mol. The Labute approximate surface area is 233 Å². The van der Waals surface area contributed by atoms with Crippen LogP contribution in [0, 0.1) is 11.8 Å². The Morgan fingerprint density at radius 2 is 1.56 bits per heavy atom. The second kappa shape index (κ2) is 20.1. The molecule has 2 aromatic carbocycles. The van der Waals surface area contributed by atoms with Crippen molar-refractivity contribution in [2.45, 2.75) is 45.8 Å². The molecular weight excluding hydrogens is 492 g/mol. The minimum absolute atomic E-state index is 0.0935. The first-order chi connectivity index (χ1) is 18.9. The zero-order chi connectivity index (χ0) is 28.9. The second-order valence-electron chi connectivity index (χ2n) is 8.58. The van der Waals surface area contributed by atoms with E-state index in [1.807, 2.05) is 42.5 Å². The molecule has 0 saturated heterocycles. The van der Waals surface area contributed by atoms with Crippen molar-refractivity contribution < 1.29 is 23.8 Å². The van der Waals surface area contributed by atoms with Gasteiger partial charge in [-0.1, -0.05) is 42.3 Å². The molecule has 2 aromatic rings. The van der Waals surface area contributed by atoms with Gasteiger partial charge in [-0.25, -0.2) is 4.79 Å². The van der Waals surface area contributed by atoms with E-state index in [9.17, 15) is 9.59 Å². The van der Waals surface area contributed by atoms with E-state index in [2.05, 4.69) is 47.3 Å². The molecule has 0 aliphatic heterocycles. The lowest BCUT2D eigenvalue weighted by molar-refractivity contribution is -0.136. The lowest BCUT2D eigenvalue weighted by Crippen LogP contribution is -2.34. The van der Waals surface area contributed by atoms with Crippen LogP contribution in [0.5, 0.6) is 11.5 Å². The smallest absolute Gasteiger partial charge is 0.384 e. The molecule has 2 rings (SSSR count). The third kappa shape index (κ3) is 14.6. The van der Waals surface area contributed by atoms with Crippen LogP contribution in [0.2, 0.25) is 0 Å². The van der Waals surface area contributed by atoms with E-state index in [0.29, 0.717) is 25.9 Å². The van der Waals surface area contributed by atoms with Crippen molar-refractivity contribution in [3.05, 3.63) is 85.0 Å². The summed E-state index contributed by atoms with van der Waals surface area (Å²) in [6, 6.07) is 15.5. The van der Waals surface area contributed by atoms with Crippen molar-refractivity contribution in [2.75, 3.05) is 33.9 Å². The van der Waals surface area contributed by atoms with E-state index in [1.165, 1.54) is 5.56 Å². The SMILES string of the molecule is C=CCN(Cc1ccc(OC)cc1)C(C#CC(=O)OCC)CCC(C)=O.C=CCNCc1ccc(OC)cc1. The van der Waals surface area contributed by atoms with Gasteiger partial charge in [0.15, 0.2) is 0 Å². The third-order valence-corrected chi connectivity index (χ3v) is 5.51. The molecule has 7 nitrogen and oxygen atoms in total. The van der Waals surface area contributed by atoms with E-state index in [-0.39, 0.29) is 18.4 Å². The number of hydrogen-bond donors (Lipinski definition) is 1. The molecule has 7 heteroatoms. The number of nitrogens with one attached hydrogen (secondary N) is 1. The van der Waals surface area contributed by atoms with Gasteiger partial charge in [-0.2, -0.15) is 0 Å². The van der Waals surface area contributed by atoms with Gasteiger partial charge in [-0.05, 0) is 55.7 Å². The van der Waals surface area contributed by atoms with Gasteiger partial charge >= 0.3 is 5.97 Å². The number of hydrogen-bond acceptors (Lipinski definition) is 7. The van der Waals surface area contributed by atoms with Crippen LogP contribution in [0.25, 0.3) is 0 Å². The fourth-order valence-electron chi connectivity index (χ4n) is 3.49. The summed E-state index contributed by atoms with van der Waals surface area (Å²) >= 11 is 0. The topological polar surface area (TPSA) is 77.1 Å². The number of rotatable bonds is 15. The van der Waals surface area contributed by atoms with Crippen LogP contribution in [0.3, 0.4) is 0 Å². The van der Waals surface area contributed by atoms with Gasteiger partial charge in [-0.3, -0.25) is 4.90 Å². The molecule has 0 heterocycles. The van der Waals surface area contributed by atoms with Gasteiger partial charge in [0, 0.05) is 38.5 Å². The number of esters is 1. The summed E-state index contributed by atoms with van der Waals surface area (Å²) < 4.78 is 15.1. The molecule has 0 aromatic heterocycles. The normalized spacial score (nSPS) is 10.7. The van der Waals surface area contributed by atoms with Crippen LogP contribution < -0.4 is 14.8 Å². The molecule has 0 saturated carbocycles. The average Bonchev–Trinajstić information content (AvgIpc) is 2.94. The van der Waals surface area contributed by atoms with Crippen molar-refractivity contribution in [3.8, 4) is 23.3 Å². The van der Waals surface area contributed by atoms with E-state index >= 15 is 0 Å². The molecule has 1 unspecified atom stereocenters. The largest absolute Gasteiger partial charge is 0.497 e. The molecular formula is C32H42N2O5. The molecule has 0 aliphatic carbocycles. The Bertz CT molecular complexity index is 1070. The molecule has 39 heavy (non-hydrogen) atoms. The molecule has 1 N–H and O–H groups in total. The predicted octanol–water partition coefficient (Wildman–Crippen LogP) is 4.96. The maximum absolute atomic E-state index is 11.6. The van der Waals surface area contributed by atoms with Crippen LogP contribution in [0.1, 0.15) is 37.8 Å². The molecule has 0 radical (unpaired) electrons. The van der Waals surface area contributed by atoms with Crippen LogP contribution in [0.4, 0.5) is 0 Å². The highest BCUT2D eigenvalue weighted by Gasteiger charge is 2.17. The van der Waals surface area contributed by atoms with E-state index in [1.54, 1.807) is 34.1 Å². The summed E-state index contributed by atoms with van der Waals surface area (Å²) in [5.74, 6) is 6.72. The van der Waals surface area contributed by atoms with Crippen LogP contribution in [-0.4, -0.2) is 56.6 Å². The summed E-state index contributed by atoms with van der Waals surface area (Å²) in [4.78, 5) is 25.1. The van der Waals surface area contributed by atoms with Crippen molar-refractivity contribution in [1.82, 2.24) is 10.2 Å². The molecule has 0 spiro atoms. The molecule has 0 aliphatic rings. The van der Waals surface area contributed by atoms with Gasteiger partial charge in [0.05, 0.1) is 26.9 Å². The number of methoxy groups -OCH3 is 2. The summed E-state index contributed by atoms with van der Waals surface area (Å²) in [6.07, 6.45) is 4.59. The quantitative estimate of drug-likeness (QED) is 0.114. The standard InChI is InChI=1S/C21H27NO4.C11H15NO/c1-5-15-22(16-18-8-12-20(25-4)13-9-18)19(10-7-17(3)23)11-14-21(24)26-6-2;1-3-8-12-9-10-4-6-11(13-2)7-5-10/h5,8-9,12-13,19H,1,6-7,10,15-16H2,2-4H3;3-7,12H,1,8-9H2,2H3. The monoisotopic (exact) mass is 534 g/mol. The third-order valence-electron chi connectivity index (χ3n) is 5.51. The number of carbonyl (C=O) groups excluding carboxylic acids is 2. The highest BCUT2D eigenvalue weighted by Crippen LogP contribution is 2.16. The number of carbonyl (C=O) groups is 2. The zero-order valence-electron chi connectivity index (χ0n) is 23.7. The summed E-state index contributed by atoms with van der Waals surface area (Å²) in [7, 11) is 3.30. The van der Waals surface area contributed by atoms with Gasteiger partial charge < -0.3 is 24.3 Å². The fourth-order valence-corrected chi connectivity index (χ4v) is 3.49. The second-order valence-corrected chi connectivity index (χ2v) is 8.58. The van der Waals surface area contributed by atoms with Crippen molar-refractivity contribution >= 4 is 11.8 Å². The molecule has 0 bridgehead atoms. The Kier molecular flexibility index (Phi) is 17.1. The van der Waals surface area contributed by atoms with Crippen LogP contribution >= 0.6 is 0 Å². The Morgan fingerprint density at radius 1 is 0.974 bits per heavy atom. The van der Waals surface area contributed by atoms with Crippen LogP contribution in [-0.2, 0) is 27.4 Å². The highest BCUT2D eigenvalue weighted by molar-refractivity contribution is 5.88. The van der Waals surface area contributed by atoms with Crippen molar-refractivity contribution in [3.63, 3.8) is 0 Å².